The monoisotopic (exact) mass is 257 g/mol. The molecule has 1 aromatic heterocycles. The first-order valence-electron chi connectivity index (χ1n) is 5.28. The Morgan fingerprint density at radius 3 is 2.56 bits per heavy atom. The van der Waals surface area contributed by atoms with Crippen molar-refractivity contribution in [3.8, 4) is 0 Å². The lowest BCUT2D eigenvalue weighted by Gasteiger charge is -2.36. The van der Waals surface area contributed by atoms with E-state index in [1.54, 1.807) is 6.20 Å². The molecule has 0 saturated carbocycles. The van der Waals surface area contributed by atoms with Gasteiger partial charge < -0.3 is 14.6 Å². The maximum atomic E-state index is 5.67. The van der Waals surface area contributed by atoms with Crippen LogP contribution in [0.4, 0.5) is 0 Å². The number of ether oxygens (including phenoxy) is 1. The van der Waals surface area contributed by atoms with Crippen LogP contribution in [0.5, 0.6) is 0 Å². The summed E-state index contributed by atoms with van der Waals surface area (Å²) in [5, 5.41) is 0.744. The van der Waals surface area contributed by atoms with Gasteiger partial charge in [0.05, 0.1) is 12.2 Å². The Morgan fingerprint density at radius 1 is 1.44 bits per heavy atom. The Balaban J connectivity index is 2.16. The molecule has 6 heteroatoms. The third-order valence-electron chi connectivity index (χ3n) is 2.55. The average Bonchev–Trinajstić information content (AvgIpc) is 2.62. The number of hydrogen-bond acceptors (Lipinski definition) is 3. The number of morpholine rings is 1. The normalized spacial score (nSPS) is 25.8. The zero-order valence-corrected chi connectivity index (χ0v) is 11.0. The number of aromatic nitrogens is 2. The second-order valence-corrected chi connectivity index (χ2v) is 4.83. The van der Waals surface area contributed by atoms with Crippen molar-refractivity contribution in [2.45, 2.75) is 26.1 Å². The SMILES string of the molecule is C[C@@H]1CN(C(=S)n2cc[nH]c2=S)C[C@@H](C)O1. The van der Waals surface area contributed by atoms with E-state index in [2.05, 4.69) is 23.7 Å². The van der Waals surface area contributed by atoms with Gasteiger partial charge in [-0.15, -0.1) is 0 Å². The van der Waals surface area contributed by atoms with E-state index in [0.29, 0.717) is 4.77 Å². The molecule has 2 heterocycles. The molecule has 0 spiro atoms. The smallest absolute Gasteiger partial charge is 0.183 e. The Bertz CT molecular complexity index is 429. The molecule has 88 valence electrons. The highest BCUT2D eigenvalue weighted by atomic mass is 32.1. The number of aromatic amines is 1. The summed E-state index contributed by atoms with van der Waals surface area (Å²) in [4.78, 5) is 5.08. The number of H-pyrrole nitrogens is 1. The zero-order chi connectivity index (χ0) is 11.7. The largest absolute Gasteiger partial charge is 0.372 e. The maximum Gasteiger partial charge on any atom is 0.183 e. The van der Waals surface area contributed by atoms with Crippen LogP contribution < -0.4 is 0 Å². The van der Waals surface area contributed by atoms with E-state index in [4.69, 9.17) is 29.2 Å². The van der Waals surface area contributed by atoms with E-state index in [1.165, 1.54) is 0 Å². The molecule has 2 atom stereocenters. The lowest BCUT2D eigenvalue weighted by Crippen LogP contribution is -2.49. The summed E-state index contributed by atoms with van der Waals surface area (Å²) in [5.74, 6) is 0. The molecule has 1 saturated heterocycles. The molecule has 0 amide bonds. The van der Waals surface area contributed by atoms with Crippen LogP contribution in [0, 0.1) is 4.77 Å². The minimum Gasteiger partial charge on any atom is -0.372 e. The molecule has 1 N–H and O–H groups in total. The second kappa shape index (κ2) is 4.65. The Kier molecular flexibility index (Phi) is 3.41. The fraction of sp³-hybridized carbons (Fsp3) is 0.600. The summed E-state index contributed by atoms with van der Waals surface area (Å²) >= 11 is 10.6. The van der Waals surface area contributed by atoms with Crippen molar-refractivity contribution in [1.82, 2.24) is 14.5 Å². The maximum absolute atomic E-state index is 5.67. The summed E-state index contributed by atoms with van der Waals surface area (Å²) in [6.07, 6.45) is 4.06. The Hall–Kier alpha value is -0.720. The van der Waals surface area contributed by atoms with Crippen LogP contribution in [0.2, 0.25) is 0 Å². The van der Waals surface area contributed by atoms with Gasteiger partial charge >= 0.3 is 0 Å². The van der Waals surface area contributed by atoms with Crippen molar-refractivity contribution in [2.75, 3.05) is 13.1 Å². The fourth-order valence-electron chi connectivity index (χ4n) is 1.96. The molecule has 16 heavy (non-hydrogen) atoms. The van der Waals surface area contributed by atoms with Gasteiger partial charge in [-0.2, -0.15) is 0 Å². The van der Waals surface area contributed by atoms with Crippen molar-refractivity contribution in [2.24, 2.45) is 0 Å². The van der Waals surface area contributed by atoms with Crippen LogP contribution in [-0.4, -0.2) is 44.9 Å². The predicted molar refractivity (Wildman–Crippen MR) is 69.2 cm³/mol. The van der Waals surface area contributed by atoms with Crippen LogP contribution >= 0.6 is 24.4 Å². The van der Waals surface area contributed by atoms with Gasteiger partial charge in [0.2, 0.25) is 0 Å². The summed E-state index contributed by atoms with van der Waals surface area (Å²) in [6, 6.07) is 0. The minimum atomic E-state index is 0.204. The van der Waals surface area contributed by atoms with E-state index in [-0.39, 0.29) is 12.2 Å². The molecule has 0 aromatic carbocycles. The lowest BCUT2D eigenvalue weighted by atomic mass is 10.2. The molecule has 1 aromatic rings. The highest BCUT2D eigenvalue weighted by Gasteiger charge is 2.24. The number of imidazole rings is 1. The quantitative estimate of drug-likeness (QED) is 0.718. The van der Waals surface area contributed by atoms with Crippen molar-refractivity contribution in [1.29, 1.82) is 0 Å². The zero-order valence-electron chi connectivity index (χ0n) is 9.34. The van der Waals surface area contributed by atoms with Crippen molar-refractivity contribution >= 4 is 29.5 Å². The summed E-state index contributed by atoms with van der Waals surface area (Å²) in [7, 11) is 0. The molecule has 1 aliphatic rings. The molecule has 0 aliphatic carbocycles. The van der Waals surface area contributed by atoms with Gasteiger partial charge in [0.15, 0.2) is 9.88 Å². The summed E-state index contributed by atoms with van der Waals surface area (Å²) in [6.45, 7) is 5.75. The van der Waals surface area contributed by atoms with E-state index in [1.807, 2.05) is 10.8 Å². The van der Waals surface area contributed by atoms with E-state index >= 15 is 0 Å². The molecule has 4 nitrogen and oxygen atoms in total. The molecule has 1 aliphatic heterocycles. The molecule has 0 bridgehead atoms. The minimum absolute atomic E-state index is 0.204. The predicted octanol–water partition coefficient (Wildman–Crippen LogP) is 1.79. The van der Waals surface area contributed by atoms with Crippen molar-refractivity contribution in [3.63, 3.8) is 0 Å². The lowest BCUT2D eigenvalue weighted by molar-refractivity contribution is -0.0481. The first-order chi connectivity index (χ1) is 7.58. The molecule has 2 rings (SSSR count). The first kappa shape index (κ1) is 11.8. The van der Waals surface area contributed by atoms with Crippen LogP contribution in [0.3, 0.4) is 0 Å². The van der Waals surface area contributed by atoms with Crippen LogP contribution in [0.15, 0.2) is 12.4 Å². The van der Waals surface area contributed by atoms with Gasteiger partial charge in [0, 0.05) is 25.5 Å². The second-order valence-electron chi connectivity index (χ2n) is 4.08. The molecular weight excluding hydrogens is 242 g/mol. The fourth-order valence-corrected chi connectivity index (χ4v) is 2.53. The van der Waals surface area contributed by atoms with Gasteiger partial charge in [0.25, 0.3) is 0 Å². The standard InChI is InChI=1S/C10H15N3OS2/c1-7-5-12(6-8(2)14-7)10(16)13-4-3-11-9(13)15/h3-4,7-8H,5-6H2,1-2H3,(H,11,15)/t7-,8-/m1/s1. The molecule has 0 unspecified atom stereocenters. The topological polar surface area (TPSA) is 33.2 Å². The van der Waals surface area contributed by atoms with E-state index in [0.717, 1.165) is 18.2 Å². The van der Waals surface area contributed by atoms with Gasteiger partial charge in [-0.3, -0.25) is 4.57 Å². The number of hydrogen-bond donors (Lipinski definition) is 1. The van der Waals surface area contributed by atoms with Crippen molar-refractivity contribution in [3.05, 3.63) is 17.2 Å². The number of thiocarbonyl (C=S) groups is 1. The molecular formula is C10H15N3OS2. The Labute approximate surface area is 105 Å². The highest BCUT2D eigenvalue weighted by molar-refractivity contribution is 7.80. The van der Waals surface area contributed by atoms with Crippen molar-refractivity contribution < 1.29 is 4.74 Å². The van der Waals surface area contributed by atoms with Gasteiger partial charge in [-0.25, -0.2) is 0 Å². The number of rotatable bonds is 0. The number of nitrogens with one attached hydrogen (secondary N) is 1. The van der Waals surface area contributed by atoms with Gasteiger partial charge in [0.1, 0.15) is 0 Å². The summed E-state index contributed by atoms with van der Waals surface area (Å²) < 4.78 is 8.12. The average molecular weight is 257 g/mol. The van der Waals surface area contributed by atoms with Crippen LogP contribution in [0.25, 0.3) is 0 Å². The number of nitrogens with zero attached hydrogens (tertiary/aromatic N) is 2. The third kappa shape index (κ3) is 2.34. The third-order valence-corrected chi connectivity index (χ3v) is 3.31. The molecule has 0 radical (unpaired) electrons. The van der Waals surface area contributed by atoms with E-state index in [9.17, 15) is 0 Å². The Morgan fingerprint density at radius 2 is 2.06 bits per heavy atom. The van der Waals surface area contributed by atoms with Gasteiger partial charge in [-0.1, -0.05) is 0 Å². The van der Waals surface area contributed by atoms with Gasteiger partial charge in [-0.05, 0) is 38.3 Å². The van der Waals surface area contributed by atoms with Crippen LogP contribution in [-0.2, 0) is 4.74 Å². The molecule has 1 fully saturated rings. The first-order valence-corrected chi connectivity index (χ1v) is 6.10. The summed E-state index contributed by atoms with van der Waals surface area (Å²) in [5.41, 5.74) is 0. The van der Waals surface area contributed by atoms with E-state index < -0.39 is 0 Å². The van der Waals surface area contributed by atoms with Crippen LogP contribution in [0.1, 0.15) is 13.8 Å². The highest BCUT2D eigenvalue weighted by Crippen LogP contribution is 2.12.